The molecule has 0 saturated carbocycles. The highest BCUT2D eigenvalue weighted by Gasteiger charge is 2.22. The number of aromatic nitrogens is 1. The van der Waals surface area contributed by atoms with Crippen LogP contribution in [0.4, 0.5) is 0 Å². The molecular formula is C21H39IN6O2. The molecule has 2 rings (SSSR count). The van der Waals surface area contributed by atoms with Gasteiger partial charge >= 0.3 is 0 Å². The number of oxazole rings is 1. The first-order chi connectivity index (χ1) is 13.6. The van der Waals surface area contributed by atoms with E-state index in [1.54, 1.807) is 7.05 Å². The van der Waals surface area contributed by atoms with Crippen LogP contribution in [0.25, 0.3) is 0 Å². The summed E-state index contributed by atoms with van der Waals surface area (Å²) in [4.78, 5) is 25.2. The van der Waals surface area contributed by atoms with E-state index < -0.39 is 0 Å². The molecule has 1 aliphatic rings. The average Bonchev–Trinajstić information content (AvgIpc) is 2.92. The van der Waals surface area contributed by atoms with Gasteiger partial charge in [0.1, 0.15) is 5.76 Å². The summed E-state index contributed by atoms with van der Waals surface area (Å²) in [5.74, 6) is 3.06. The number of rotatable bonds is 6. The molecule has 0 spiro atoms. The third-order valence-electron chi connectivity index (χ3n) is 5.16. The zero-order valence-electron chi connectivity index (χ0n) is 19.5. The van der Waals surface area contributed by atoms with Crippen molar-refractivity contribution in [1.29, 1.82) is 0 Å². The molecule has 9 heteroatoms. The molecule has 30 heavy (non-hydrogen) atoms. The van der Waals surface area contributed by atoms with Crippen molar-refractivity contribution in [3.63, 3.8) is 0 Å². The number of likely N-dealkylation sites (N-methyl/N-ethyl adjacent to an activating group) is 1. The number of aryl methyl sites for hydroxylation is 2. The maximum atomic E-state index is 12.2. The highest BCUT2D eigenvalue weighted by Crippen LogP contribution is 2.19. The maximum absolute atomic E-state index is 12.2. The Balaban J connectivity index is 0.00000450. The Morgan fingerprint density at radius 1 is 1.30 bits per heavy atom. The zero-order chi connectivity index (χ0) is 21.6. The molecular weight excluding hydrogens is 495 g/mol. The van der Waals surface area contributed by atoms with Gasteiger partial charge in [0.05, 0.1) is 18.8 Å². The lowest BCUT2D eigenvalue weighted by Gasteiger charge is -2.32. The number of hydrogen-bond acceptors (Lipinski definition) is 5. The Labute approximate surface area is 198 Å². The van der Waals surface area contributed by atoms with Gasteiger partial charge in [-0.25, -0.2) is 4.98 Å². The number of aliphatic imine (C=N–C) groups is 1. The molecule has 0 aliphatic carbocycles. The predicted molar refractivity (Wildman–Crippen MR) is 131 cm³/mol. The topological polar surface area (TPSA) is 86.0 Å². The molecule has 2 N–H and O–H groups in total. The van der Waals surface area contributed by atoms with Crippen LogP contribution in [-0.4, -0.2) is 72.5 Å². The Morgan fingerprint density at radius 2 is 1.93 bits per heavy atom. The normalized spacial score (nSPS) is 16.2. The molecule has 0 unspecified atom stereocenters. The molecule has 1 amide bonds. The van der Waals surface area contributed by atoms with E-state index in [-0.39, 0.29) is 42.0 Å². The number of hydrogen-bond donors (Lipinski definition) is 2. The molecule has 2 heterocycles. The molecule has 1 saturated heterocycles. The monoisotopic (exact) mass is 534 g/mol. The molecule has 0 aromatic carbocycles. The molecule has 1 aliphatic heterocycles. The smallest absolute Gasteiger partial charge is 0.240 e. The molecule has 8 nitrogen and oxygen atoms in total. The van der Waals surface area contributed by atoms with Gasteiger partial charge in [-0.2, -0.15) is 0 Å². The predicted octanol–water partition coefficient (Wildman–Crippen LogP) is 2.54. The van der Waals surface area contributed by atoms with Crippen molar-refractivity contribution in [2.45, 2.75) is 59.5 Å². The van der Waals surface area contributed by atoms with Crippen LogP contribution in [0.5, 0.6) is 0 Å². The van der Waals surface area contributed by atoms with Crippen LogP contribution in [0, 0.1) is 19.8 Å². The number of halogens is 1. The Hall–Kier alpha value is -1.36. The number of likely N-dealkylation sites (tertiary alicyclic amines) is 1. The van der Waals surface area contributed by atoms with E-state index in [1.165, 1.54) is 0 Å². The second-order valence-electron chi connectivity index (χ2n) is 9.05. The summed E-state index contributed by atoms with van der Waals surface area (Å²) in [5.41, 5.74) is 0.747. The minimum Gasteiger partial charge on any atom is -0.444 e. The third kappa shape index (κ3) is 8.79. The number of piperidine rings is 1. The van der Waals surface area contributed by atoms with Crippen molar-refractivity contribution in [1.82, 2.24) is 25.4 Å². The van der Waals surface area contributed by atoms with E-state index in [1.807, 2.05) is 46.6 Å². The van der Waals surface area contributed by atoms with Crippen molar-refractivity contribution in [2.24, 2.45) is 10.9 Å². The number of nitrogens with one attached hydrogen (secondary N) is 2. The lowest BCUT2D eigenvalue weighted by atomic mass is 9.97. The quantitative estimate of drug-likeness (QED) is 0.332. The molecule has 0 radical (unpaired) electrons. The van der Waals surface area contributed by atoms with Crippen LogP contribution in [0.3, 0.4) is 0 Å². The van der Waals surface area contributed by atoms with Crippen molar-refractivity contribution < 1.29 is 9.21 Å². The highest BCUT2D eigenvalue weighted by atomic mass is 127. The van der Waals surface area contributed by atoms with Crippen LogP contribution in [0.1, 0.15) is 51.0 Å². The minimum absolute atomic E-state index is 0. The number of amides is 1. The van der Waals surface area contributed by atoms with Crippen molar-refractivity contribution >= 4 is 35.8 Å². The number of carbonyl (C=O) groups excluding carboxylic acids is 1. The standard InChI is InChI=1S/C21H38N6O2.HI/c1-15-16(2)29-19(24-15)14-27-10-8-17(9-11-27)12-23-20(22-6)26(7)13-18(28)25-21(3,4)5;/h17H,8-14H2,1-7H3,(H,22,23)(H,25,28);1H. The number of carbonyl (C=O) groups is 1. The van der Waals surface area contributed by atoms with Crippen molar-refractivity contribution in [2.75, 3.05) is 40.3 Å². The lowest BCUT2D eigenvalue weighted by Crippen LogP contribution is -2.49. The molecule has 1 aromatic rings. The first kappa shape index (κ1) is 26.7. The van der Waals surface area contributed by atoms with Gasteiger partial charge in [-0.05, 0) is 66.5 Å². The van der Waals surface area contributed by atoms with Crippen LogP contribution in [0.15, 0.2) is 9.41 Å². The van der Waals surface area contributed by atoms with Crippen LogP contribution in [-0.2, 0) is 11.3 Å². The molecule has 1 aromatic heterocycles. The molecule has 1 fully saturated rings. The average molecular weight is 534 g/mol. The summed E-state index contributed by atoms with van der Waals surface area (Å²) in [6.07, 6.45) is 2.24. The number of guanidine groups is 1. The summed E-state index contributed by atoms with van der Waals surface area (Å²) in [5, 5.41) is 6.41. The summed E-state index contributed by atoms with van der Waals surface area (Å²) < 4.78 is 5.71. The molecule has 172 valence electrons. The third-order valence-corrected chi connectivity index (χ3v) is 5.16. The SMILES string of the molecule is CN=C(NCC1CCN(Cc2nc(C)c(C)o2)CC1)N(C)CC(=O)NC(C)(C)C.I. The fraction of sp³-hybridized carbons (Fsp3) is 0.762. The Bertz CT molecular complexity index is 685. The first-order valence-electron chi connectivity index (χ1n) is 10.5. The Kier molecular flexibility index (Phi) is 10.6. The summed E-state index contributed by atoms with van der Waals surface area (Å²) in [6.45, 7) is 13.9. The largest absolute Gasteiger partial charge is 0.444 e. The van der Waals surface area contributed by atoms with Gasteiger partial charge in [0.25, 0.3) is 0 Å². The van der Waals surface area contributed by atoms with Crippen molar-refractivity contribution in [3.8, 4) is 0 Å². The van der Waals surface area contributed by atoms with Crippen LogP contribution < -0.4 is 10.6 Å². The Morgan fingerprint density at radius 3 is 2.43 bits per heavy atom. The van der Waals surface area contributed by atoms with E-state index in [0.29, 0.717) is 5.92 Å². The van der Waals surface area contributed by atoms with Gasteiger partial charge in [0, 0.05) is 26.2 Å². The first-order valence-corrected chi connectivity index (χ1v) is 10.5. The summed E-state index contributed by atoms with van der Waals surface area (Å²) >= 11 is 0. The molecule has 0 atom stereocenters. The second kappa shape index (κ2) is 11.9. The fourth-order valence-corrected chi connectivity index (χ4v) is 3.52. The lowest BCUT2D eigenvalue weighted by molar-refractivity contribution is -0.122. The van der Waals surface area contributed by atoms with E-state index in [2.05, 4.69) is 25.5 Å². The van der Waals surface area contributed by atoms with Crippen molar-refractivity contribution in [3.05, 3.63) is 17.3 Å². The van der Waals surface area contributed by atoms with Gasteiger partial charge in [0.2, 0.25) is 11.8 Å². The van der Waals surface area contributed by atoms with Gasteiger partial charge in [-0.1, -0.05) is 0 Å². The van der Waals surface area contributed by atoms with Gasteiger partial charge < -0.3 is 20.0 Å². The summed E-state index contributed by atoms with van der Waals surface area (Å²) in [6, 6.07) is 0. The highest BCUT2D eigenvalue weighted by molar-refractivity contribution is 14.0. The van der Waals surface area contributed by atoms with E-state index in [0.717, 1.165) is 62.3 Å². The summed E-state index contributed by atoms with van der Waals surface area (Å²) in [7, 11) is 3.64. The molecule has 0 bridgehead atoms. The van der Waals surface area contributed by atoms with Crippen LogP contribution >= 0.6 is 24.0 Å². The minimum atomic E-state index is -0.231. The van der Waals surface area contributed by atoms with E-state index in [9.17, 15) is 4.79 Å². The van der Waals surface area contributed by atoms with E-state index in [4.69, 9.17) is 4.42 Å². The second-order valence-corrected chi connectivity index (χ2v) is 9.05. The van der Waals surface area contributed by atoms with E-state index >= 15 is 0 Å². The van der Waals surface area contributed by atoms with Gasteiger partial charge in [-0.3, -0.25) is 14.7 Å². The fourth-order valence-electron chi connectivity index (χ4n) is 3.52. The zero-order valence-corrected chi connectivity index (χ0v) is 21.9. The van der Waals surface area contributed by atoms with Crippen LogP contribution in [0.2, 0.25) is 0 Å². The van der Waals surface area contributed by atoms with Gasteiger partial charge in [0.15, 0.2) is 5.96 Å². The van der Waals surface area contributed by atoms with Gasteiger partial charge in [-0.15, -0.1) is 24.0 Å². The maximum Gasteiger partial charge on any atom is 0.240 e. The number of nitrogens with zero attached hydrogens (tertiary/aromatic N) is 4.